The topological polar surface area (TPSA) is 78.5 Å². The summed E-state index contributed by atoms with van der Waals surface area (Å²) in [6, 6.07) is 3.18. The average Bonchev–Trinajstić information content (AvgIpc) is 2.79. The van der Waals surface area contributed by atoms with Crippen molar-refractivity contribution in [3.63, 3.8) is 0 Å². The minimum Gasteiger partial charge on any atom is -0.323 e. The summed E-state index contributed by atoms with van der Waals surface area (Å²) in [4.78, 5) is 38.7. The molecule has 1 spiro atoms. The number of benzene rings is 1. The summed E-state index contributed by atoms with van der Waals surface area (Å²) in [5, 5.41) is 6.02. The minimum atomic E-state index is -0.854. The van der Waals surface area contributed by atoms with E-state index in [0.717, 1.165) is 35.3 Å². The first-order valence-corrected chi connectivity index (χ1v) is 9.33. The Balaban J connectivity index is 1.74. The molecule has 4 amide bonds. The standard InChI is InChI=1S/C19H24ClN3O3/c1-11-8-12(2)16(14(20)9-11)21-15(24)10-23-17(25)19(22-18(23)26)7-5-4-6-13(19)3/h8-9,13H,4-7,10H2,1-3H3,(H,21,24)(H,22,26). The fourth-order valence-corrected chi connectivity index (χ4v) is 4.40. The van der Waals surface area contributed by atoms with Gasteiger partial charge in [0.25, 0.3) is 5.91 Å². The second-order valence-electron chi connectivity index (χ2n) is 7.43. The lowest BCUT2D eigenvalue weighted by Gasteiger charge is -2.36. The summed E-state index contributed by atoms with van der Waals surface area (Å²) >= 11 is 6.21. The molecule has 2 N–H and O–H groups in total. The lowest BCUT2D eigenvalue weighted by molar-refractivity contribution is -0.136. The molecule has 140 valence electrons. The zero-order valence-corrected chi connectivity index (χ0v) is 16.1. The molecule has 6 nitrogen and oxygen atoms in total. The highest BCUT2D eigenvalue weighted by atomic mass is 35.5. The monoisotopic (exact) mass is 377 g/mol. The molecule has 0 aromatic heterocycles. The van der Waals surface area contributed by atoms with Crippen molar-refractivity contribution in [2.75, 3.05) is 11.9 Å². The third-order valence-electron chi connectivity index (χ3n) is 5.50. The predicted octanol–water partition coefficient (Wildman–Crippen LogP) is 3.40. The van der Waals surface area contributed by atoms with Crippen molar-refractivity contribution in [1.29, 1.82) is 0 Å². The molecule has 0 bridgehead atoms. The smallest absolute Gasteiger partial charge is 0.323 e. The minimum absolute atomic E-state index is 0.0644. The Bertz CT molecular complexity index is 756. The zero-order chi connectivity index (χ0) is 19.1. The van der Waals surface area contributed by atoms with Crippen molar-refractivity contribution >= 4 is 35.1 Å². The molecule has 1 saturated heterocycles. The maximum Gasteiger partial charge on any atom is 0.325 e. The highest BCUT2D eigenvalue weighted by Gasteiger charge is 2.55. The Morgan fingerprint density at radius 3 is 2.73 bits per heavy atom. The van der Waals surface area contributed by atoms with Gasteiger partial charge >= 0.3 is 6.03 Å². The molecule has 1 saturated carbocycles. The van der Waals surface area contributed by atoms with Crippen LogP contribution in [0.4, 0.5) is 10.5 Å². The predicted molar refractivity (Wildman–Crippen MR) is 100 cm³/mol. The van der Waals surface area contributed by atoms with Crippen LogP contribution in [0.1, 0.15) is 43.7 Å². The number of imide groups is 1. The molecular weight excluding hydrogens is 354 g/mol. The van der Waals surface area contributed by atoms with E-state index < -0.39 is 17.5 Å². The quantitative estimate of drug-likeness (QED) is 0.792. The summed E-state index contributed by atoms with van der Waals surface area (Å²) in [7, 11) is 0. The van der Waals surface area contributed by atoms with Gasteiger partial charge in [-0.2, -0.15) is 0 Å². The number of halogens is 1. The van der Waals surface area contributed by atoms with Crippen molar-refractivity contribution in [1.82, 2.24) is 10.2 Å². The van der Waals surface area contributed by atoms with Crippen LogP contribution in [-0.2, 0) is 9.59 Å². The molecule has 1 aliphatic heterocycles. The van der Waals surface area contributed by atoms with E-state index >= 15 is 0 Å². The number of anilines is 1. The second kappa shape index (κ2) is 6.91. The SMILES string of the molecule is Cc1cc(C)c(NC(=O)CN2C(=O)NC3(CCCCC3C)C2=O)c(Cl)c1. The van der Waals surface area contributed by atoms with Crippen LogP contribution in [0.2, 0.25) is 5.02 Å². The van der Waals surface area contributed by atoms with E-state index in [1.54, 1.807) is 6.07 Å². The van der Waals surface area contributed by atoms with Crippen LogP contribution < -0.4 is 10.6 Å². The van der Waals surface area contributed by atoms with Crippen LogP contribution in [0.3, 0.4) is 0 Å². The Morgan fingerprint density at radius 2 is 2.08 bits per heavy atom. The first-order chi connectivity index (χ1) is 12.2. The van der Waals surface area contributed by atoms with Gasteiger partial charge in [0, 0.05) is 0 Å². The molecule has 1 heterocycles. The summed E-state index contributed by atoms with van der Waals surface area (Å²) in [5.74, 6) is -0.672. The fourth-order valence-electron chi connectivity index (χ4n) is 4.04. The molecule has 26 heavy (non-hydrogen) atoms. The van der Waals surface area contributed by atoms with Gasteiger partial charge in [0.05, 0.1) is 10.7 Å². The van der Waals surface area contributed by atoms with Crippen LogP contribution in [0, 0.1) is 19.8 Å². The third-order valence-corrected chi connectivity index (χ3v) is 5.80. The highest BCUT2D eigenvalue weighted by molar-refractivity contribution is 6.34. The number of nitrogens with zero attached hydrogens (tertiary/aromatic N) is 1. The molecule has 0 radical (unpaired) electrons. The van der Waals surface area contributed by atoms with Gasteiger partial charge in [0.1, 0.15) is 12.1 Å². The Labute approximate surface area is 158 Å². The van der Waals surface area contributed by atoms with Gasteiger partial charge in [-0.3, -0.25) is 14.5 Å². The first-order valence-electron chi connectivity index (χ1n) is 8.95. The number of urea groups is 1. The van der Waals surface area contributed by atoms with Gasteiger partial charge in [0.15, 0.2) is 0 Å². The number of amides is 4. The van der Waals surface area contributed by atoms with Gasteiger partial charge in [-0.1, -0.05) is 37.4 Å². The van der Waals surface area contributed by atoms with Crippen LogP contribution in [0.25, 0.3) is 0 Å². The summed E-state index contributed by atoms with van der Waals surface area (Å²) in [6.45, 7) is 5.43. The number of carbonyl (C=O) groups excluding carboxylic acids is 3. The first kappa shape index (κ1) is 18.7. The Hall–Kier alpha value is -2.08. The van der Waals surface area contributed by atoms with Gasteiger partial charge < -0.3 is 10.6 Å². The zero-order valence-electron chi connectivity index (χ0n) is 15.3. The number of hydrogen-bond donors (Lipinski definition) is 2. The largest absolute Gasteiger partial charge is 0.325 e. The Morgan fingerprint density at radius 1 is 1.35 bits per heavy atom. The van der Waals surface area contributed by atoms with E-state index in [1.807, 2.05) is 26.8 Å². The van der Waals surface area contributed by atoms with Gasteiger partial charge in [-0.05, 0) is 49.8 Å². The lowest BCUT2D eigenvalue weighted by Crippen LogP contribution is -2.54. The molecule has 2 fully saturated rings. The molecule has 2 unspecified atom stereocenters. The van der Waals surface area contributed by atoms with E-state index in [4.69, 9.17) is 11.6 Å². The van der Waals surface area contributed by atoms with Gasteiger partial charge in [-0.25, -0.2) is 4.79 Å². The number of hydrogen-bond acceptors (Lipinski definition) is 3. The summed E-state index contributed by atoms with van der Waals surface area (Å²) in [5.41, 5.74) is 1.48. The van der Waals surface area contributed by atoms with Crippen molar-refractivity contribution in [2.45, 2.75) is 52.0 Å². The lowest BCUT2D eigenvalue weighted by atomic mass is 9.73. The molecule has 1 aromatic rings. The summed E-state index contributed by atoms with van der Waals surface area (Å²) < 4.78 is 0. The number of aryl methyl sites for hydroxylation is 2. The van der Waals surface area contributed by atoms with Crippen LogP contribution in [0.5, 0.6) is 0 Å². The molecule has 7 heteroatoms. The van der Waals surface area contributed by atoms with Crippen molar-refractivity contribution in [2.24, 2.45) is 5.92 Å². The summed E-state index contributed by atoms with van der Waals surface area (Å²) in [6.07, 6.45) is 3.47. The normalized spacial score (nSPS) is 25.5. The second-order valence-corrected chi connectivity index (χ2v) is 7.83. The molecule has 1 aromatic carbocycles. The van der Waals surface area contributed by atoms with E-state index in [2.05, 4.69) is 10.6 Å². The van der Waals surface area contributed by atoms with Crippen molar-refractivity contribution in [3.8, 4) is 0 Å². The van der Waals surface area contributed by atoms with Crippen LogP contribution >= 0.6 is 11.6 Å². The van der Waals surface area contributed by atoms with Gasteiger partial charge in [-0.15, -0.1) is 0 Å². The van der Waals surface area contributed by atoms with Gasteiger partial charge in [0.2, 0.25) is 5.91 Å². The highest BCUT2D eigenvalue weighted by Crippen LogP contribution is 2.38. The maximum absolute atomic E-state index is 12.9. The number of nitrogens with one attached hydrogen (secondary N) is 2. The van der Waals surface area contributed by atoms with Crippen LogP contribution in [-0.4, -0.2) is 34.8 Å². The fraction of sp³-hybridized carbons (Fsp3) is 0.526. The molecule has 3 rings (SSSR count). The van der Waals surface area contributed by atoms with E-state index in [1.165, 1.54) is 0 Å². The average molecular weight is 378 g/mol. The molecule has 2 atom stereocenters. The number of rotatable bonds is 3. The molecule has 1 aliphatic carbocycles. The van der Waals surface area contributed by atoms with E-state index in [-0.39, 0.29) is 18.4 Å². The molecule has 2 aliphatic rings. The molecular formula is C19H24ClN3O3. The number of carbonyl (C=O) groups is 3. The van der Waals surface area contributed by atoms with E-state index in [0.29, 0.717) is 17.1 Å². The maximum atomic E-state index is 12.9. The third kappa shape index (κ3) is 3.18. The van der Waals surface area contributed by atoms with E-state index in [9.17, 15) is 14.4 Å². The van der Waals surface area contributed by atoms with Crippen molar-refractivity contribution in [3.05, 3.63) is 28.3 Å². The van der Waals surface area contributed by atoms with Crippen LogP contribution in [0.15, 0.2) is 12.1 Å². The Kier molecular flexibility index (Phi) is 4.97. The van der Waals surface area contributed by atoms with Crippen molar-refractivity contribution < 1.29 is 14.4 Å².